The molecule has 0 saturated heterocycles. The summed E-state index contributed by atoms with van der Waals surface area (Å²) >= 11 is 0. The molecular formula is C5H8O4. The number of aliphatic carboxylic acids is 1. The zero-order valence-electron chi connectivity index (χ0n) is 4.83. The van der Waals surface area contributed by atoms with E-state index in [1.165, 1.54) is 0 Å². The van der Waals surface area contributed by atoms with E-state index in [9.17, 15) is 4.79 Å². The molecule has 0 aliphatic carbocycles. The van der Waals surface area contributed by atoms with Gasteiger partial charge in [0.1, 0.15) is 19.0 Å². The van der Waals surface area contributed by atoms with Crippen molar-refractivity contribution in [3.8, 4) is 0 Å². The summed E-state index contributed by atoms with van der Waals surface area (Å²) in [4.78, 5) is 9.74. The topological polar surface area (TPSA) is 66.8 Å². The van der Waals surface area contributed by atoms with Crippen LogP contribution in [-0.2, 0) is 9.53 Å². The van der Waals surface area contributed by atoms with Gasteiger partial charge in [-0.1, -0.05) is 6.58 Å². The van der Waals surface area contributed by atoms with Crippen LogP contribution in [0.4, 0.5) is 0 Å². The average Bonchev–Trinajstić information content (AvgIpc) is 1.63. The Kier molecular flexibility index (Phi) is 3.46. The van der Waals surface area contributed by atoms with Gasteiger partial charge >= 0.3 is 5.97 Å². The lowest BCUT2D eigenvalue weighted by Gasteiger charge is -1.96. The number of ether oxygens (including phenoxy) is 1. The lowest BCUT2D eigenvalue weighted by molar-refractivity contribution is -0.142. The lowest BCUT2D eigenvalue weighted by atomic mass is 10.6. The fourth-order valence-corrected chi connectivity index (χ4v) is 0.256. The first kappa shape index (κ1) is 7.97. The summed E-state index contributed by atoms with van der Waals surface area (Å²) in [5, 5.41) is 16.3. The van der Waals surface area contributed by atoms with E-state index in [2.05, 4.69) is 11.3 Å². The van der Waals surface area contributed by atoms with Crippen molar-refractivity contribution >= 4 is 5.97 Å². The molecule has 2 N–H and O–H groups in total. The summed E-state index contributed by atoms with van der Waals surface area (Å²) in [6.07, 6.45) is 0. The molecule has 52 valence electrons. The normalized spacial score (nSPS) is 8.89. The van der Waals surface area contributed by atoms with Crippen LogP contribution in [0.25, 0.3) is 0 Å². The van der Waals surface area contributed by atoms with Gasteiger partial charge in [0.15, 0.2) is 0 Å². The predicted molar refractivity (Wildman–Crippen MR) is 30.2 cm³/mol. The molecule has 0 unspecified atom stereocenters. The molecule has 0 fully saturated rings. The zero-order valence-corrected chi connectivity index (χ0v) is 4.83. The van der Waals surface area contributed by atoms with E-state index in [4.69, 9.17) is 10.2 Å². The molecule has 9 heavy (non-hydrogen) atoms. The third-order valence-corrected chi connectivity index (χ3v) is 0.494. The molecule has 0 bridgehead atoms. The Bertz CT molecular complexity index is 104. The van der Waals surface area contributed by atoms with Gasteiger partial charge in [-0.25, -0.2) is 4.79 Å². The van der Waals surface area contributed by atoms with Gasteiger partial charge in [0.25, 0.3) is 0 Å². The number of aliphatic hydroxyl groups excluding tert-OH is 1. The second-order valence-electron chi connectivity index (χ2n) is 1.45. The van der Waals surface area contributed by atoms with Crippen molar-refractivity contribution in [3.05, 3.63) is 12.3 Å². The van der Waals surface area contributed by atoms with Gasteiger partial charge in [-0.05, 0) is 0 Å². The highest BCUT2D eigenvalue weighted by Crippen LogP contribution is 1.82. The van der Waals surface area contributed by atoms with Crippen molar-refractivity contribution in [2.24, 2.45) is 0 Å². The standard InChI is InChI=1S/C5H8O4/c1-4(6)2-9-3-5(7)8/h6H,1-3H2,(H,7,8). The highest BCUT2D eigenvalue weighted by molar-refractivity contribution is 5.67. The molecule has 0 atom stereocenters. The minimum absolute atomic E-state index is 0.119. The first-order valence-electron chi connectivity index (χ1n) is 2.29. The van der Waals surface area contributed by atoms with Gasteiger partial charge in [-0.2, -0.15) is 0 Å². The zero-order chi connectivity index (χ0) is 7.28. The average molecular weight is 132 g/mol. The van der Waals surface area contributed by atoms with Crippen molar-refractivity contribution in [3.63, 3.8) is 0 Å². The number of rotatable bonds is 4. The molecule has 0 aromatic heterocycles. The van der Waals surface area contributed by atoms with Crippen LogP contribution < -0.4 is 0 Å². The Morgan fingerprint density at radius 2 is 2.00 bits per heavy atom. The van der Waals surface area contributed by atoms with Crippen LogP contribution in [0.2, 0.25) is 0 Å². The van der Waals surface area contributed by atoms with Crippen LogP contribution in [0.5, 0.6) is 0 Å². The highest BCUT2D eigenvalue weighted by Gasteiger charge is 1.95. The number of hydrogen-bond donors (Lipinski definition) is 2. The minimum Gasteiger partial charge on any atom is -0.510 e. The number of carbonyl (C=O) groups is 1. The second-order valence-corrected chi connectivity index (χ2v) is 1.45. The Morgan fingerprint density at radius 3 is 2.33 bits per heavy atom. The predicted octanol–water partition coefficient (Wildman–Crippen LogP) is 0.159. The van der Waals surface area contributed by atoms with E-state index >= 15 is 0 Å². The molecular weight excluding hydrogens is 124 g/mol. The molecule has 0 aromatic carbocycles. The van der Waals surface area contributed by atoms with Crippen molar-refractivity contribution in [2.75, 3.05) is 13.2 Å². The van der Waals surface area contributed by atoms with Crippen LogP contribution in [0.3, 0.4) is 0 Å². The number of aliphatic hydroxyl groups is 1. The summed E-state index contributed by atoms with van der Waals surface area (Å²) in [7, 11) is 0. The molecule has 4 heteroatoms. The fraction of sp³-hybridized carbons (Fsp3) is 0.400. The van der Waals surface area contributed by atoms with Crippen LogP contribution in [-0.4, -0.2) is 29.4 Å². The molecule has 4 nitrogen and oxygen atoms in total. The number of carboxylic acids is 1. The Hall–Kier alpha value is -1.03. The van der Waals surface area contributed by atoms with Gasteiger partial charge in [0.2, 0.25) is 0 Å². The quantitative estimate of drug-likeness (QED) is 0.534. The van der Waals surface area contributed by atoms with Crippen LogP contribution in [0.1, 0.15) is 0 Å². The maximum Gasteiger partial charge on any atom is 0.329 e. The molecule has 0 heterocycles. The Balaban J connectivity index is 3.10. The van der Waals surface area contributed by atoms with Crippen molar-refractivity contribution in [2.45, 2.75) is 0 Å². The van der Waals surface area contributed by atoms with Gasteiger partial charge in [0, 0.05) is 0 Å². The van der Waals surface area contributed by atoms with Crippen molar-refractivity contribution in [1.29, 1.82) is 0 Å². The molecule has 0 rings (SSSR count). The van der Waals surface area contributed by atoms with E-state index < -0.39 is 12.6 Å². The Labute approximate surface area is 52.4 Å². The van der Waals surface area contributed by atoms with Gasteiger partial charge < -0.3 is 14.9 Å². The van der Waals surface area contributed by atoms with Gasteiger partial charge in [-0.3, -0.25) is 0 Å². The summed E-state index contributed by atoms with van der Waals surface area (Å²) in [6.45, 7) is 2.57. The first-order chi connectivity index (χ1) is 4.13. The van der Waals surface area contributed by atoms with E-state index in [0.717, 1.165) is 0 Å². The smallest absolute Gasteiger partial charge is 0.329 e. The highest BCUT2D eigenvalue weighted by atomic mass is 16.5. The van der Waals surface area contributed by atoms with Crippen LogP contribution in [0, 0.1) is 0 Å². The molecule has 0 radical (unpaired) electrons. The molecule has 0 saturated carbocycles. The third kappa shape index (κ3) is 6.97. The van der Waals surface area contributed by atoms with Gasteiger partial charge in [0.05, 0.1) is 0 Å². The Morgan fingerprint density at radius 1 is 1.44 bits per heavy atom. The van der Waals surface area contributed by atoms with Gasteiger partial charge in [-0.15, -0.1) is 0 Å². The van der Waals surface area contributed by atoms with Crippen molar-refractivity contribution in [1.82, 2.24) is 0 Å². The molecule has 0 amide bonds. The lowest BCUT2D eigenvalue weighted by Crippen LogP contribution is -2.08. The summed E-state index contributed by atoms with van der Waals surface area (Å²) in [5.74, 6) is -1.23. The van der Waals surface area contributed by atoms with Crippen molar-refractivity contribution < 1.29 is 19.7 Å². The minimum atomic E-state index is -1.06. The molecule has 0 spiro atoms. The number of hydrogen-bond acceptors (Lipinski definition) is 3. The largest absolute Gasteiger partial charge is 0.510 e. The van der Waals surface area contributed by atoms with E-state index in [0.29, 0.717) is 0 Å². The fourth-order valence-electron chi connectivity index (χ4n) is 0.256. The summed E-state index contributed by atoms with van der Waals surface area (Å²) < 4.78 is 4.41. The SMILES string of the molecule is C=C(O)COCC(=O)O. The number of carboxylic acid groups (broad SMARTS) is 1. The molecule has 0 aliphatic heterocycles. The van der Waals surface area contributed by atoms with E-state index in [1.807, 2.05) is 0 Å². The molecule has 0 aliphatic rings. The summed E-state index contributed by atoms with van der Waals surface area (Å²) in [5.41, 5.74) is 0. The monoisotopic (exact) mass is 132 g/mol. The van der Waals surface area contributed by atoms with Crippen LogP contribution >= 0.6 is 0 Å². The molecule has 0 aromatic rings. The summed E-state index contributed by atoms with van der Waals surface area (Å²) in [6, 6.07) is 0. The van der Waals surface area contributed by atoms with E-state index in [-0.39, 0.29) is 12.4 Å². The first-order valence-corrected chi connectivity index (χ1v) is 2.29. The second kappa shape index (κ2) is 3.91. The van der Waals surface area contributed by atoms with E-state index in [1.54, 1.807) is 0 Å². The third-order valence-electron chi connectivity index (χ3n) is 0.494. The maximum absolute atomic E-state index is 9.74. The van der Waals surface area contributed by atoms with Crippen LogP contribution in [0.15, 0.2) is 12.3 Å². The maximum atomic E-state index is 9.74.